The van der Waals surface area contributed by atoms with Gasteiger partial charge in [-0.1, -0.05) is 0 Å². The molecule has 15 heavy (non-hydrogen) atoms. The molecular weight excluding hydrogens is 251 g/mol. The van der Waals surface area contributed by atoms with E-state index in [-0.39, 0.29) is 0 Å². The Bertz CT molecular complexity index is 295. The Hall–Kier alpha value is -0.591. The summed E-state index contributed by atoms with van der Waals surface area (Å²) in [5.41, 5.74) is 0. The van der Waals surface area contributed by atoms with E-state index >= 15 is 0 Å². The predicted molar refractivity (Wildman–Crippen MR) is 65.8 cm³/mol. The molecule has 0 aliphatic heterocycles. The van der Waals surface area contributed by atoms with Crippen molar-refractivity contribution in [1.29, 1.82) is 0 Å². The second-order valence-corrected chi connectivity index (χ2v) is 6.63. The Morgan fingerprint density at radius 2 is 2.00 bits per heavy atom. The zero-order valence-electron chi connectivity index (χ0n) is 9.40. The molecule has 0 bridgehead atoms. The van der Waals surface area contributed by atoms with E-state index in [4.69, 9.17) is 0 Å². The number of hydrogen-bond acceptors (Lipinski definition) is 1. The molecule has 0 fully saturated rings. The molecule has 0 aromatic heterocycles. The van der Waals surface area contributed by atoms with Crippen LogP contribution in [-0.4, -0.2) is 20.7 Å². The van der Waals surface area contributed by atoms with Gasteiger partial charge in [0.25, 0.3) is 0 Å². The second-order valence-electron chi connectivity index (χ2n) is 3.75. The molecule has 0 heterocycles. The molecule has 2 heteroatoms. The Morgan fingerprint density at radius 3 is 2.53 bits per heavy atom. The van der Waals surface area contributed by atoms with Crippen LogP contribution in [-0.2, 0) is 4.79 Å². The number of carbonyl (C=O) groups excluding carboxylic acids is 1. The molecule has 1 aromatic carbocycles. The first kappa shape index (κ1) is 12.5. The second kappa shape index (κ2) is 6.81. The maximum atomic E-state index is 11.1. The van der Waals surface area contributed by atoms with Crippen LogP contribution in [0.25, 0.3) is 0 Å². The normalized spacial score (nSPS) is 12.4. The summed E-state index contributed by atoms with van der Waals surface area (Å²) in [5, 5.41) is 0. The molecule has 0 saturated carbocycles. The van der Waals surface area contributed by atoms with Crippen molar-refractivity contribution in [2.24, 2.45) is 0 Å². The van der Waals surface area contributed by atoms with Gasteiger partial charge in [-0.25, -0.2) is 0 Å². The predicted octanol–water partition coefficient (Wildman–Crippen LogP) is 2.58. The molecular formula is C13H18OSe. The fourth-order valence-corrected chi connectivity index (χ4v) is 4.41. The van der Waals surface area contributed by atoms with E-state index in [1.165, 1.54) is 17.3 Å². The quantitative estimate of drug-likeness (QED) is 0.725. The molecule has 1 aromatic rings. The van der Waals surface area contributed by atoms with E-state index in [2.05, 4.69) is 31.2 Å². The van der Waals surface area contributed by atoms with Crippen LogP contribution in [0.2, 0.25) is 4.82 Å². The van der Waals surface area contributed by atoms with Crippen molar-refractivity contribution in [1.82, 2.24) is 0 Å². The number of hydrogen-bond donors (Lipinski definition) is 0. The van der Waals surface area contributed by atoms with Gasteiger partial charge in [0.2, 0.25) is 0 Å². The molecule has 1 atom stereocenters. The first-order chi connectivity index (χ1) is 7.22. The summed E-state index contributed by atoms with van der Waals surface area (Å²) in [6, 6.07) is 10.5. The molecule has 0 radical (unpaired) electrons. The van der Waals surface area contributed by atoms with E-state index in [0.29, 0.717) is 25.6 Å². The third-order valence-corrected chi connectivity index (χ3v) is 4.86. The van der Waals surface area contributed by atoms with E-state index in [0.717, 1.165) is 6.42 Å². The zero-order chi connectivity index (χ0) is 11.1. The van der Waals surface area contributed by atoms with Gasteiger partial charge < -0.3 is 0 Å². The summed E-state index contributed by atoms with van der Waals surface area (Å²) < 4.78 is 1.41. The van der Waals surface area contributed by atoms with Gasteiger partial charge in [0.1, 0.15) is 0 Å². The van der Waals surface area contributed by atoms with Gasteiger partial charge in [0.05, 0.1) is 0 Å². The number of carbonyl (C=O) groups is 1. The average molecular weight is 269 g/mol. The van der Waals surface area contributed by atoms with Crippen LogP contribution in [0.4, 0.5) is 0 Å². The summed E-state index contributed by atoms with van der Waals surface area (Å²) >= 11 is 0.447. The fraction of sp³-hybridized carbons (Fsp3) is 0.462. The Kier molecular flexibility index (Phi) is 5.67. The van der Waals surface area contributed by atoms with Crippen LogP contribution in [0.5, 0.6) is 0 Å². The monoisotopic (exact) mass is 270 g/mol. The van der Waals surface area contributed by atoms with Gasteiger partial charge in [0, 0.05) is 0 Å². The molecule has 0 saturated heterocycles. The third-order valence-electron chi connectivity index (χ3n) is 2.17. The van der Waals surface area contributed by atoms with Crippen LogP contribution >= 0.6 is 0 Å². The van der Waals surface area contributed by atoms with Crippen molar-refractivity contribution in [3.8, 4) is 0 Å². The third kappa shape index (κ3) is 5.15. The molecule has 1 rings (SSSR count). The van der Waals surface area contributed by atoms with Crippen molar-refractivity contribution >= 4 is 25.2 Å². The molecule has 1 unspecified atom stereocenters. The van der Waals surface area contributed by atoms with Gasteiger partial charge in [-0.3, -0.25) is 0 Å². The van der Waals surface area contributed by atoms with Crippen LogP contribution in [0.15, 0.2) is 30.3 Å². The molecule has 0 spiro atoms. The topological polar surface area (TPSA) is 17.1 Å². The molecule has 0 N–H and O–H groups in total. The number of benzene rings is 1. The summed E-state index contributed by atoms with van der Waals surface area (Å²) in [6.45, 7) is 3.89. The van der Waals surface area contributed by atoms with E-state index in [1.54, 1.807) is 6.92 Å². The first-order valence-electron chi connectivity index (χ1n) is 5.43. The van der Waals surface area contributed by atoms with Gasteiger partial charge in [0.15, 0.2) is 0 Å². The SMILES string of the molecule is CCCC(CC(C)=O)[Se]c1ccccc1. The van der Waals surface area contributed by atoms with Gasteiger partial charge >= 0.3 is 98.3 Å². The minimum atomic E-state index is 0.325. The fourth-order valence-electron chi connectivity index (χ4n) is 1.54. The zero-order valence-corrected chi connectivity index (χ0v) is 11.1. The van der Waals surface area contributed by atoms with Crippen molar-refractivity contribution in [3.05, 3.63) is 30.3 Å². The molecule has 82 valence electrons. The number of Topliss-reactive ketones (excluding diaryl/α,β-unsaturated/α-hetero) is 1. The molecule has 0 aliphatic rings. The summed E-state index contributed by atoms with van der Waals surface area (Å²) in [7, 11) is 0. The van der Waals surface area contributed by atoms with Crippen molar-refractivity contribution < 1.29 is 4.79 Å². The molecule has 0 amide bonds. The minimum absolute atomic E-state index is 0.325. The number of ketones is 1. The summed E-state index contributed by atoms with van der Waals surface area (Å²) in [5.74, 6) is 0.325. The van der Waals surface area contributed by atoms with Crippen molar-refractivity contribution in [2.45, 2.75) is 37.9 Å². The van der Waals surface area contributed by atoms with E-state index < -0.39 is 0 Å². The Balaban J connectivity index is 2.54. The van der Waals surface area contributed by atoms with E-state index in [9.17, 15) is 4.79 Å². The van der Waals surface area contributed by atoms with Gasteiger partial charge in [-0.05, 0) is 0 Å². The Morgan fingerprint density at radius 1 is 1.33 bits per heavy atom. The van der Waals surface area contributed by atoms with Gasteiger partial charge in [-0.2, -0.15) is 0 Å². The van der Waals surface area contributed by atoms with Crippen LogP contribution in [0, 0.1) is 0 Å². The molecule has 1 nitrogen and oxygen atoms in total. The van der Waals surface area contributed by atoms with Crippen LogP contribution in [0.1, 0.15) is 33.1 Å². The van der Waals surface area contributed by atoms with Crippen molar-refractivity contribution in [3.63, 3.8) is 0 Å². The van der Waals surface area contributed by atoms with Gasteiger partial charge in [-0.15, -0.1) is 0 Å². The average Bonchev–Trinajstić information content (AvgIpc) is 2.18. The standard InChI is InChI=1S/C13H18OSe/c1-3-7-13(10-11(2)14)15-12-8-5-4-6-9-12/h4-6,8-9,13H,3,7,10H2,1-2H3. The van der Waals surface area contributed by atoms with Crippen LogP contribution in [0.3, 0.4) is 0 Å². The Labute approximate surface area is 98.4 Å². The van der Waals surface area contributed by atoms with Crippen molar-refractivity contribution in [2.75, 3.05) is 0 Å². The maximum absolute atomic E-state index is 11.1. The summed E-state index contributed by atoms with van der Waals surface area (Å²) in [6.07, 6.45) is 3.10. The van der Waals surface area contributed by atoms with E-state index in [1.807, 2.05) is 6.07 Å². The summed E-state index contributed by atoms with van der Waals surface area (Å²) in [4.78, 5) is 11.7. The molecule has 0 aliphatic carbocycles. The van der Waals surface area contributed by atoms with Crippen LogP contribution < -0.4 is 4.46 Å². The number of rotatable bonds is 6. The first-order valence-corrected chi connectivity index (χ1v) is 7.28.